The smallest absolute Gasteiger partial charge is 0.0644 e. The van der Waals surface area contributed by atoms with Gasteiger partial charge in [-0.25, -0.2) is 0 Å². The van der Waals surface area contributed by atoms with Gasteiger partial charge in [-0.05, 0) is 30.1 Å². The maximum absolute atomic E-state index is 10.6. The lowest BCUT2D eigenvalue weighted by molar-refractivity contribution is -0.0254. The molecule has 0 aliphatic heterocycles. The standard InChI is InChI=1S/C15H28O/c1-10-8-11(14(2,3)4)13(16)12(9-10)15(5,6)7/h8,11-13,16H,9H2,1-7H3. The minimum Gasteiger partial charge on any atom is -0.392 e. The van der Waals surface area contributed by atoms with E-state index in [1.54, 1.807) is 0 Å². The van der Waals surface area contributed by atoms with E-state index in [-0.39, 0.29) is 22.9 Å². The van der Waals surface area contributed by atoms with Gasteiger partial charge in [-0.1, -0.05) is 53.2 Å². The van der Waals surface area contributed by atoms with Gasteiger partial charge in [0.15, 0.2) is 0 Å². The van der Waals surface area contributed by atoms with Crippen molar-refractivity contribution < 1.29 is 5.11 Å². The van der Waals surface area contributed by atoms with Crippen LogP contribution in [0.25, 0.3) is 0 Å². The molecule has 1 N–H and O–H groups in total. The maximum atomic E-state index is 10.6. The first-order valence-corrected chi connectivity index (χ1v) is 6.39. The third kappa shape index (κ3) is 2.88. The van der Waals surface area contributed by atoms with Gasteiger partial charge in [0.2, 0.25) is 0 Å². The highest BCUT2D eigenvalue weighted by molar-refractivity contribution is 5.14. The van der Waals surface area contributed by atoms with E-state index in [1.807, 2.05) is 0 Å². The second-order valence-electron chi connectivity index (χ2n) is 7.57. The van der Waals surface area contributed by atoms with Crippen LogP contribution < -0.4 is 0 Å². The molecule has 1 rings (SSSR count). The van der Waals surface area contributed by atoms with E-state index < -0.39 is 0 Å². The summed E-state index contributed by atoms with van der Waals surface area (Å²) in [6.07, 6.45) is 3.12. The van der Waals surface area contributed by atoms with E-state index in [9.17, 15) is 5.11 Å². The summed E-state index contributed by atoms with van der Waals surface area (Å²) in [7, 11) is 0. The molecule has 1 nitrogen and oxygen atoms in total. The molecular formula is C15H28O. The van der Waals surface area contributed by atoms with E-state index in [1.165, 1.54) is 5.57 Å². The molecular weight excluding hydrogens is 196 g/mol. The normalized spacial score (nSPS) is 32.5. The molecule has 0 aromatic heterocycles. The maximum Gasteiger partial charge on any atom is 0.0644 e. The first kappa shape index (κ1) is 13.8. The lowest BCUT2D eigenvalue weighted by Crippen LogP contribution is -2.44. The Bertz CT molecular complexity index is 275. The highest BCUT2D eigenvalue weighted by Gasteiger charge is 2.41. The van der Waals surface area contributed by atoms with E-state index in [0.717, 1.165) is 6.42 Å². The summed E-state index contributed by atoms with van der Waals surface area (Å²) in [6.45, 7) is 15.6. The fourth-order valence-corrected chi connectivity index (χ4v) is 2.77. The average Bonchev–Trinajstić information content (AvgIpc) is 2.04. The monoisotopic (exact) mass is 224 g/mol. The predicted molar refractivity (Wildman–Crippen MR) is 70.3 cm³/mol. The van der Waals surface area contributed by atoms with Crippen molar-refractivity contribution in [3.8, 4) is 0 Å². The van der Waals surface area contributed by atoms with Crippen molar-refractivity contribution >= 4 is 0 Å². The van der Waals surface area contributed by atoms with Crippen LogP contribution in [-0.4, -0.2) is 11.2 Å². The molecule has 0 saturated heterocycles. The number of hydrogen-bond acceptors (Lipinski definition) is 1. The summed E-state index contributed by atoms with van der Waals surface area (Å²) in [5.74, 6) is 0.659. The summed E-state index contributed by atoms with van der Waals surface area (Å²) in [4.78, 5) is 0. The SMILES string of the molecule is CC1=CC(C(C)(C)C)C(O)C(C(C)(C)C)C1. The molecule has 0 aromatic carbocycles. The second-order valence-corrected chi connectivity index (χ2v) is 7.57. The van der Waals surface area contributed by atoms with E-state index in [2.05, 4.69) is 54.5 Å². The van der Waals surface area contributed by atoms with Crippen LogP contribution in [0.1, 0.15) is 54.9 Å². The zero-order chi connectivity index (χ0) is 12.7. The van der Waals surface area contributed by atoms with Gasteiger partial charge in [0.05, 0.1) is 6.10 Å². The number of hydrogen-bond donors (Lipinski definition) is 1. The van der Waals surface area contributed by atoms with Gasteiger partial charge in [-0.3, -0.25) is 0 Å². The van der Waals surface area contributed by atoms with Gasteiger partial charge in [0.25, 0.3) is 0 Å². The molecule has 0 bridgehead atoms. The highest BCUT2D eigenvalue weighted by Crippen LogP contribution is 2.45. The van der Waals surface area contributed by atoms with Gasteiger partial charge in [-0.2, -0.15) is 0 Å². The molecule has 1 aliphatic rings. The quantitative estimate of drug-likeness (QED) is 0.616. The van der Waals surface area contributed by atoms with Gasteiger partial charge in [-0.15, -0.1) is 0 Å². The topological polar surface area (TPSA) is 20.2 Å². The number of aliphatic hydroxyl groups excluding tert-OH is 1. The molecule has 16 heavy (non-hydrogen) atoms. The Balaban J connectivity index is 3.03. The molecule has 0 radical (unpaired) electrons. The van der Waals surface area contributed by atoms with Gasteiger partial charge in [0, 0.05) is 5.92 Å². The van der Waals surface area contributed by atoms with Crippen LogP contribution in [0.15, 0.2) is 11.6 Å². The Hall–Kier alpha value is -0.300. The third-order valence-electron chi connectivity index (χ3n) is 3.90. The fraction of sp³-hybridized carbons (Fsp3) is 0.867. The van der Waals surface area contributed by atoms with Crippen molar-refractivity contribution in [1.82, 2.24) is 0 Å². The molecule has 94 valence electrons. The molecule has 1 aliphatic carbocycles. The molecule has 3 unspecified atom stereocenters. The molecule has 0 saturated carbocycles. The van der Waals surface area contributed by atoms with Gasteiger partial charge in [0.1, 0.15) is 0 Å². The number of rotatable bonds is 0. The zero-order valence-electron chi connectivity index (χ0n) is 12.0. The van der Waals surface area contributed by atoms with Crippen LogP contribution in [-0.2, 0) is 0 Å². The van der Waals surface area contributed by atoms with Crippen LogP contribution in [0, 0.1) is 22.7 Å². The minimum atomic E-state index is -0.205. The van der Waals surface area contributed by atoms with Crippen LogP contribution in [0.2, 0.25) is 0 Å². The van der Waals surface area contributed by atoms with Crippen LogP contribution in [0.3, 0.4) is 0 Å². The van der Waals surface area contributed by atoms with E-state index in [4.69, 9.17) is 0 Å². The number of aliphatic hydroxyl groups is 1. The second kappa shape index (κ2) is 4.18. The zero-order valence-corrected chi connectivity index (χ0v) is 12.0. The molecule has 0 aromatic rings. The lowest BCUT2D eigenvalue weighted by Gasteiger charge is -2.45. The van der Waals surface area contributed by atoms with Gasteiger partial charge >= 0.3 is 0 Å². The Labute approximate surface area is 101 Å². The summed E-state index contributed by atoms with van der Waals surface area (Å²) < 4.78 is 0. The van der Waals surface area contributed by atoms with Crippen LogP contribution >= 0.6 is 0 Å². The largest absolute Gasteiger partial charge is 0.392 e. The molecule has 0 amide bonds. The summed E-state index contributed by atoms with van der Waals surface area (Å²) in [5.41, 5.74) is 1.76. The Morgan fingerprint density at radius 2 is 1.56 bits per heavy atom. The highest BCUT2D eigenvalue weighted by atomic mass is 16.3. The Morgan fingerprint density at radius 1 is 1.06 bits per heavy atom. The lowest BCUT2D eigenvalue weighted by atomic mass is 9.62. The molecule has 0 fully saturated rings. The van der Waals surface area contributed by atoms with Crippen molar-refractivity contribution in [3.05, 3.63) is 11.6 Å². The first-order valence-electron chi connectivity index (χ1n) is 6.39. The molecule has 1 heteroatoms. The predicted octanol–water partition coefficient (Wildman–Crippen LogP) is 4.02. The molecule has 3 atom stereocenters. The third-order valence-corrected chi connectivity index (χ3v) is 3.90. The van der Waals surface area contributed by atoms with Crippen molar-refractivity contribution in [2.24, 2.45) is 22.7 Å². The van der Waals surface area contributed by atoms with E-state index >= 15 is 0 Å². The Morgan fingerprint density at radius 3 is 1.94 bits per heavy atom. The molecule has 0 heterocycles. The van der Waals surface area contributed by atoms with E-state index in [0.29, 0.717) is 5.92 Å². The fourth-order valence-electron chi connectivity index (χ4n) is 2.77. The van der Waals surface area contributed by atoms with Crippen molar-refractivity contribution in [3.63, 3.8) is 0 Å². The summed E-state index contributed by atoms with van der Waals surface area (Å²) >= 11 is 0. The van der Waals surface area contributed by atoms with Crippen LogP contribution in [0.5, 0.6) is 0 Å². The summed E-state index contributed by atoms with van der Waals surface area (Å²) in [5, 5.41) is 10.6. The van der Waals surface area contributed by atoms with Crippen LogP contribution in [0.4, 0.5) is 0 Å². The van der Waals surface area contributed by atoms with Crippen molar-refractivity contribution in [2.45, 2.75) is 61.0 Å². The van der Waals surface area contributed by atoms with Crippen molar-refractivity contribution in [1.29, 1.82) is 0 Å². The molecule has 0 spiro atoms. The Kier molecular flexibility index (Phi) is 3.59. The van der Waals surface area contributed by atoms with Gasteiger partial charge < -0.3 is 5.11 Å². The minimum absolute atomic E-state index is 0.143. The average molecular weight is 224 g/mol. The first-order chi connectivity index (χ1) is 7.03. The van der Waals surface area contributed by atoms with Crippen molar-refractivity contribution in [2.75, 3.05) is 0 Å². The summed E-state index contributed by atoms with van der Waals surface area (Å²) in [6, 6.07) is 0. The number of allylic oxidation sites excluding steroid dienone is 1.